The van der Waals surface area contributed by atoms with Gasteiger partial charge in [0.2, 0.25) is 36.9 Å². The Morgan fingerprint density at radius 1 is 0.936 bits per heavy atom. The minimum atomic E-state index is -3.18. The second-order valence-corrected chi connectivity index (χ2v) is 15.1. The third-order valence-electron chi connectivity index (χ3n) is 8.73. The number of nitrogens with one attached hydrogen (secondary N) is 3. The number of nitrogens with two attached hydrogens (primary N) is 1. The molecule has 5 amide bonds. The minimum Gasteiger partial charge on any atom is -0.370 e. The number of amides is 5. The van der Waals surface area contributed by atoms with Crippen LogP contribution in [0.2, 0.25) is 0 Å². The zero-order valence-corrected chi connectivity index (χ0v) is 27.8. The Morgan fingerprint density at radius 2 is 1.62 bits per heavy atom. The molecule has 254 valence electrons. The monoisotopic (exact) mass is 667 g/mol. The Hall–Kier alpha value is -4.02. The van der Waals surface area contributed by atoms with Gasteiger partial charge >= 0.3 is 0 Å². The van der Waals surface area contributed by atoms with Crippen molar-refractivity contribution in [3.05, 3.63) is 71.3 Å². The third kappa shape index (κ3) is 11.0. The lowest BCUT2D eigenvalue weighted by molar-refractivity contribution is -0.144. The second kappa shape index (κ2) is 16.7. The summed E-state index contributed by atoms with van der Waals surface area (Å²) >= 11 is 0. The van der Waals surface area contributed by atoms with Crippen molar-refractivity contribution in [2.45, 2.75) is 101 Å². The van der Waals surface area contributed by atoms with Crippen LogP contribution in [-0.4, -0.2) is 70.2 Å². The molecule has 4 rings (SSSR count). The molecule has 2 aromatic rings. The molecule has 2 aliphatic heterocycles. The molecule has 2 fully saturated rings. The topological polar surface area (TPSA) is 188 Å². The SMILES string of the molecule is CP(=O)(O)Cc1ccc(CCC(=O)N[C@H]2CCCCC3CC[C@@H](C(=O)N[C@@H](CCC(N)=O)C(=O)NCc4ccccc4)N3C2=O)cc1. The zero-order chi connectivity index (χ0) is 34.0. The van der Waals surface area contributed by atoms with Crippen molar-refractivity contribution in [1.29, 1.82) is 0 Å². The molecule has 6 N–H and O–H groups in total. The lowest BCUT2D eigenvalue weighted by atomic mass is 9.98. The van der Waals surface area contributed by atoms with Crippen LogP contribution in [0.15, 0.2) is 54.6 Å². The van der Waals surface area contributed by atoms with Crippen molar-refractivity contribution in [3.8, 4) is 0 Å². The number of hydrogen-bond donors (Lipinski definition) is 5. The van der Waals surface area contributed by atoms with E-state index in [2.05, 4.69) is 16.0 Å². The number of hydrogen-bond acceptors (Lipinski definition) is 6. The van der Waals surface area contributed by atoms with Crippen LogP contribution < -0.4 is 21.7 Å². The maximum Gasteiger partial charge on any atom is 0.246 e. The fourth-order valence-corrected chi connectivity index (χ4v) is 7.22. The molecule has 0 spiro atoms. The van der Waals surface area contributed by atoms with Crippen molar-refractivity contribution in [2.24, 2.45) is 5.73 Å². The Morgan fingerprint density at radius 3 is 2.30 bits per heavy atom. The highest BCUT2D eigenvalue weighted by Crippen LogP contribution is 2.39. The molecule has 2 aliphatic rings. The standard InChI is InChI=1S/C34H46N5O7P/c1-47(45,46)22-25-13-11-23(12-14-25)15-20-31(41)37-28-10-6-5-9-26-16-18-29(39(26)34(28)44)33(43)38-27(17-19-30(35)40)32(42)36-21-24-7-3-2-4-8-24/h2-4,7-8,11-14,26-29H,5-6,9-10,15-22H2,1H3,(H2,35,40)(H,36,42)(H,37,41)(H,38,43)(H,45,46)/t26?,27-,28-,29-/m0/s1. The molecule has 47 heavy (non-hydrogen) atoms. The summed E-state index contributed by atoms with van der Waals surface area (Å²) in [4.78, 5) is 76.4. The van der Waals surface area contributed by atoms with Crippen molar-refractivity contribution in [1.82, 2.24) is 20.9 Å². The van der Waals surface area contributed by atoms with Gasteiger partial charge in [-0.25, -0.2) is 0 Å². The summed E-state index contributed by atoms with van der Waals surface area (Å²) < 4.78 is 11.7. The van der Waals surface area contributed by atoms with Crippen LogP contribution in [0.4, 0.5) is 0 Å². The third-order valence-corrected chi connectivity index (χ3v) is 9.69. The predicted octanol–water partition coefficient (Wildman–Crippen LogP) is 2.50. The lowest BCUT2D eigenvalue weighted by Gasteiger charge is -2.35. The first-order valence-electron chi connectivity index (χ1n) is 16.3. The quantitative estimate of drug-likeness (QED) is 0.191. The van der Waals surface area contributed by atoms with Crippen LogP contribution in [0, 0.1) is 0 Å². The number of rotatable bonds is 14. The van der Waals surface area contributed by atoms with E-state index in [9.17, 15) is 33.4 Å². The number of fused-ring (bicyclic) bond motifs is 1. The van der Waals surface area contributed by atoms with E-state index in [0.29, 0.717) is 25.7 Å². The minimum absolute atomic E-state index is 0.0219. The van der Waals surface area contributed by atoms with Gasteiger partial charge in [-0.1, -0.05) is 67.4 Å². The molecule has 2 unspecified atom stereocenters. The van der Waals surface area contributed by atoms with E-state index in [4.69, 9.17) is 5.73 Å². The number of carbonyl (C=O) groups excluding carboxylic acids is 5. The van der Waals surface area contributed by atoms with Gasteiger partial charge in [-0.05, 0) is 55.2 Å². The van der Waals surface area contributed by atoms with Crippen LogP contribution >= 0.6 is 7.37 Å². The van der Waals surface area contributed by atoms with Crippen molar-refractivity contribution in [2.75, 3.05) is 6.66 Å². The highest BCUT2D eigenvalue weighted by molar-refractivity contribution is 7.56. The average Bonchev–Trinajstić information content (AvgIpc) is 3.45. The Balaban J connectivity index is 1.37. The predicted molar refractivity (Wildman–Crippen MR) is 177 cm³/mol. The second-order valence-electron chi connectivity index (χ2n) is 12.7. The summed E-state index contributed by atoms with van der Waals surface area (Å²) in [5.74, 6) is -2.10. The van der Waals surface area contributed by atoms with Gasteiger partial charge in [-0.15, -0.1) is 0 Å². The van der Waals surface area contributed by atoms with Gasteiger partial charge in [0.25, 0.3) is 0 Å². The number of nitrogens with zero attached hydrogens (tertiary/aromatic N) is 1. The van der Waals surface area contributed by atoms with Crippen molar-refractivity contribution < 1.29 is 33.4 Å². The lowest BCUT2D eigenvalue weighted by Crippen LogP contribution is -2.58. The normalized spacial score (nSPS) is 21.4. The summed E-state index contributed by atoms with van der Waals surface area (Å²) in [6, 6.07) is 13.8. The number of primary amides is 1. The van der Waals surface area contributed by atoms with Crippen molar-refractivity contribution in [3.63, 3.8) is 0 Å². The van der Waals surface area contributed by atoms with Crippen LogP contribution in [-0.2, 0) is 47.7 Å². The molecule has 2 heterocycles. The van der Waals surface area contributed by atoms with Gasteiger partial charge in [0.15, 0.2) is 0 Å². The summed E-state index contributed by atoms with van der Waals surface area (Å²) in [5.41, 5.74) is 7.86. The fraction of sp³-hybridized carbons (Fsp3) is 0.500. The molecule has 0 saturated carbocycles. The Labute approximate surface area is 275 Å². The molecular weight excluding hydrogens is 621 g/mol. The molecule has 12 nitrogen and oxygen atoms in total. The van der Waals surface area contributed by atoms with E-state index in [1.54, 1.807) is 17.0 Å². The highest BCUT2D eigenvalue weighted by Gasteiger charge is 2.44. The van der Waals surface area contributed by atoms with E-state index < -0.39 is 43.2 Å². The fourth-order valence-electron chi connectivity index (χ4n) is 6.33. The average molecular weight is 668 g/mol. The van der Waals surface area contributed by atoms with Gasteiger partial charge in [0.1, 0.15) is 18.1 Å². The van der Waals surface area contributed by atoms with Gasteiger partial charge in [-0.3, -0.25) is 28.5 Å². The van der Waals surface area contributed by atoms with Gasteiger partial charge < -0.3 is 31.5 Å². The van der Waals surface area contributed by atoms with Gasteiger partial charge in [0.05, 0.1) is 0 Å². The summed E-state index contributed by atoms with van der Waals surface area (Å²) in [6.07, 6.45) is 4.49. The van der Waals surface area contributed by atoms with Crippen LogP contribution in [0.1, 0.15) is 74.5 Å². The van der Waals surface area contributed by atoms with E-state index in [1.807, 2.05) is 42.5 Å². The molecule has 2 aromatic carbocycles. The van der Waals surface area contributed by atoms with E-state index in [0.717, 1.165) is 36.0 Å². The number of carbonyl (C=O) groups is 5. The zero-order valence-electron chi connectivity index (χ0n) is 26.9. The number of benzene rings is 2. The van der Waals surface area contributed by atoms with Gasteiger partial charge in [-0.2, -0.15) is 0 Å². The molecule has 0 bridgehead atoms. The summed E-state index contributed by atoms with van der Waals surface area (Å²) in [5, 5.41) is 8.49. The van der Waals surface area contributed by atoms with Gasteiger partial charge in [0, 0.05) is 38.3 Å². The van der Waals surface area contributed by atoms with E-state index in [1.165, 1.54) is 6.66 Å². The maximum absolute atomic E-state index is 13.9. The highest BCUT2D eigenvalue weighted by atomic mass is 31.2. The molecule has 13 heteroatoms. The van der Waals surface area contributed by atoms with Crippen LogP contribution in [0.25, 0.3) is 0 Å². The maximum atomic E-state index is 13.9. The number of aryl methyl sites for hydroxylation is 1. The molecule has 0 aliphatic carbocycles. The van der Waals surface area contributed by atoms with Crippen LogP contribution in [0.3, 0.4) is 0 Å². The first-order chi connectivity index (χ1) is 22.4. The first-order valence-corrected chi connectivity index (χ1v) is 18.6. The van der Waals surface area contributed by atoms with E-state index >= 15 is 0 Å². The first kappa shape index (κ1) is 35.8. The molecule has 5 atom stereocenters. The molecule has 2 saturated heterocycles. The smallest absolute Gasteiger partial charge is 0.246 e. The Bertz CT molecular complexity index is 1460. The van der Waals surface area contributed by atoms with E-state index in [-0.39, 0.29) is 49.8 Å². The van der Waals surface area contributed by atoms with Crippen LogP contribution in [0.5, 0.6) is 0 Å². The largest absolute Gasteiger partial charge is 0.370 e. The van der Waals surface area contributed by atoms with Crippen molar-refractivity contribution >= 4 is 36.9 Å². The Kier molecular flexibility index (Phi) is 12.7. The molecule has 0 aromatic heterocycles. The summed E-state index contributed by atoms with van der Waals surface area (Å²) in [6.45, 7) is 1.56. The summed E-state index contributed by atoms with van der Waals surface area (Å²) in [7, 11) is -3.18. The molecule has 0 radical (unpaired) electrons. The molecular formula is C34H46N5O7P.